The van der Waals surface area contributed by atoms with Gasteiger partial charge >= 0.3 is 0 Å². The Morgan fingerprint density at radius 3 is 2.75 bits per heavy atom. The Bertz CT molecular complexity index is 460. The van der Waals surface area contributed by atoms with E-state index in [1.807, 2.05) is 26.0 Å². The molecule has 1 aliphatic heterocycles. The van der Waals surface area contributed by atoms with Gasteiger partial charge in [0.15, 0.2) is 0 Å². The quantitative estimate of drug-likeness (QED) is 0.781. The second-order valence-corrected chi connectivity index (χ2v) is 5.24. The Balaban J connectivity index is 2.52. The van der Waals surface area contributed by atoms with Gasteiger partial charge in [0.2, 0.25) is 5.91 Å². The van der Waals surface area contributed by atoms with Gasteiger partial charge in [-0.2, -0.15) is 0 Å². The Morgan fingerprint density at radius 2 is 2.12 bits per heavy atom. The summed E-state index contributed by atoms with van der Waals surface area (Å²) in [5.74, 6) is -0.0753. The number of amides is 1. The summed E-state index contributed by atoms with van der Waals surface area (Å²) in [4.78, 5) is 11.8. The van der Waals surface area contributed by atoms with Crippen molar-refractivity contribution >= 4 is 44.8 Å². The van der Waals surface area contributed by atoms with E-state index in [2.05, 4.69) is 26.6 Å². The molecule has 1 aromatic rings. The van der Waals surface area contributed by atoms with Crippen molar-refractivity contribution in [1.82, 2.24) is 0 Å². The number of carbonyl (C=O) groups is 1. The van der Waals surface area contributed by atoms with E-state index < -0.39 is 5.54 Å². The third-order valence-corrected chi connectivity index (χ3v) is 3.66. The van der Waals surface area contributed by atoms with E-state index in [1.165, 1.54) is 0 Å². The van der Waals surface area contributed by atoms with Gasteiger partial charge in [0.25, 0.3) is 0 Å². The summed E-state index contributed by atoms with van der Waals surface area (Å²) < 4.78 is 0. The first kappa shape index (κ1) is 11.7. The average molecular weight is 304 g/mol. The average Bonchev–Trinajstić information content (AvgIpc) is 2.21. The van der Waals surface area contributed by atoms with Crippen molar-refractivity contribution in [3.8, 4) is 0 Å². The molecule has 0 bridgehead atoms. The highest BCUT2D eigenvalue weighted by Gasteiger charge is 2.33. The van der Waals surface area contributed by atoms with Gasteiger partial charge in [0, 0.05) is 5.33 Å². The third kappa shape index (κ3) is 1.80. The van der Waals surface area contributed by atoms with Gasteiger partial charge in [-0.3, -0.25) is 4.79 Å². The van der Waals surface area contributed by atoms with Crippen LogP contribution in [0.1, 0.15) is 19.4 Å². The van der Waals surface area contributed by atoms with E-state index in [9.17, 15) is 4.79 Å². The van der Waals surface area contributed by atoms with Crippen molar-refractivity contribution in [2.45, 2.75) is 24.7 Å². The van der Waals surface area contributed by atoms with E-state index in [0.29, 0.717) is 16.0 Å². The van der Waals surface area contributed by atoms with Gasteiger partial charge < -0.3 is 10.6 Å². The van der Waals surface area contributed by atoms with Crippen LogP contribution in [0.15, 0.2) is 12.1 Å². The molecule has 2 N–H and O–H groups in total. The van der Waals surface area contributed by atoms with Crippen LogP contribution in [-0.4, -0.2) is 11.4 Å². The van der Waals surface area contributed by atoms with Gasteiger partial charge in [-0.1, -0.05) is 33.6 Å². The minimum atomic E-state index is -0.605. The number of carbonyl (C=O) groups excluding carboxylic acids is 1. The molecule has 1 amide bonds. The number of rotatable bonds is 1. The van der Waals surface area contributed by atoms with Gasteiger partial charge in [-0.15, -0.1) is 0 Å². The Kier molecular flexibility index (Phi) is 2.88. The molecule has 0 aromatic heterocycles. The summed E-state index contributed by atoms with van der Waals surface area (Å²) >= 11 is 9.56. The molecule has 16 heavy (non-hydrogen) atoms. The zero-order chi connectivity index (χ0) is 11.9. The van der Waals surface area contributed by atoms with Crippen LogP contribution < -0.4 is 10.6 Å². The number of hydrogen-bond acceptors (Lipinski definition) is 2. The Labute approximate surface area is 108 Å². The van der Waals surface area contributed by atoms with Crippen LogP contribution in [0.5, 0.6) is 0 Å². The van der Waals surface area contributed by atoms with Crippen molar-refractivity contribution in [3.05, 3.63) is 22.7 Å². The van der Waals surface area contributed by atoms with Gasteiger partial charge in [0.1, 0.15) is 5.54 Å². The van der Waals surface area contributed by atoms with Crippen LogP contribution in [-0.2, 0) is 10.1 Å². The minimum absolute atomic E-state index is 0.0753. The highest BCUT2D eigenvalue weighted by atomic mass is 79.9. The first-order chi connectivity index (χ1) is 7.45. The van der Waals surface area contributed by atoms with Gasteiger partial charge in [0.05, 0.1) is 16.4 Å². The second-order valence-electron chi connectivity index (χ2n) is 4.30. The van der Waals surface area contributed by atoms with Crippen LogP contribution in [0.3, 0.4) is 0 Å². The topological polar surface area (TPSA) is 41.1 Å². The Hall–Kier alpha value is -0.740. The number of benzene rings is 1. The highest BCUT2D eigenvalue weighted by molar-refractivity contribution is 9.08. The maximum absolute atomic E-state index is 11.8. The SMILES string of the molecule is CC1(C)Nc2ccc(CBr)c(Cl)c2NC1=O. The van der Waals surface area contributed by atoms with E-state index in [4.69, 9.17) is 11.6 Å². The summed E-state index contributed by atoms with van der Waals surface area (Å²) in [6, 6.07) is 3.87. The lowest BCUT2D eigenvalue weighted by atomic mass is 9.99. The lowest BCUT2D eigenvalue weighted by Gasteiger charge is -2.33. The molecular weight excluding hydrogens is 291 g/mol. The molecule has 0 aliphatic carbocycles. The number of hydrogen-bond donors (Lipinski definition) is 2. The molecular formula is C11H12BrClN2O. The van der Waals surface area contributed by atoms with Crippen LogP contribution in [0.4, 0.5) is 11.4 Å². The van der Waals surface area contributed by atoms with E-state index in [-0.39, 0.29) is 5.91 Å². The monoisotopic (exact) mass is 302 g/mol. The molecule has 0 radical (unpaired) electrons. The largest absolute Gasteiger partial charge is 0.370 e. The number of halogens is 2. The zero-order valence-electron chi connectivity index (χ0n) is 9.03. The molecule has 86 valence electrons. The zero-order valence-corrected chi connectivity index (χ0v) is 11.4. The molecule has 3 nitrogen and oxygen atoms in total. The van der Waals surface area contributed by atoms with Gasteiger partial charge in [-0.05, 0) is 25.5 Å². The lowest BCUT2D eigenvalue weighted by Crippen LogP contribution is -2.47. The molecule has 0 saturated carbocycles. The van der Waals surface area contributed by atoms with Crippen LogP contribution >= 0.6 is 27.5 Å². The Morgan fingerprint density at radius 1 is 1.44 bits per heavy atom. The fourth-order valence-corrected chi connectivity index (χ4v) is 2.52. The predicted molar refractivity (Wildman–Crippen MR) is 70.4 cm³/mol. The second kappa shape index (κ2) is 3.93. The summed E-state index contributed by atoms with van der Waals surface area (Å²) in [5, 5.41) is 7.26. The molecule has 0 spiro atoms. The van der Waals surface area contributed by atoms with Crippen molar-refractivity contribution in [3.63, 3.8) is 0 Å². The maximum Gasteiger partial charge on any atom is 0.249 e. The molecule has 2 rings (SSSR count). The normalized spacial score (nSPS) is 17.4. The number of fused-ring (bicyclic) bond motifs is 1. The fraction of sp³-hybridized carbons (Fsp3) is 0.364. The fourth-order valence-electron chi connectivity index (χ4n) is 1.61. The van der Waals surface area contributed by atoms with Crippen LogP contribution in [0.25, 0.3) is 0 Å². The molecule has 0 fully saturated rings. The number of anilines is 2. The standard InChI is InChI=1S/C11H12BrClN2O/c1-11(2)10(16)14-9-7(15-11)4-3-6(5-12)8(9)13/h3-4,15H,5H2,1-2H3,(H,14,16). The van der Waals surface area contributed by atoms with Crippen LogP contribution in [0.2, 0.25) is 5.02 Å². The molecule has 1 aliphatic rings. The molecule has 0 unspecified atom stereocenters. The van der Waals surface area contributed by atoms with Crippen LogP contribution in [0, 0.1) is 0 Å². The van der Waals surface area contributed by atoms with Crippen molar-refractivity contribution in [1.29, 1.82) is 0 Å². The molecule has 1 aromatic carbocycles. The highest BCUT2D eigenvalue weighted by Crippen LogP contribution is 2.39. The number of nitrogens with one attached hydrogen (secondary N) is 2. The summed E-state index contributed by atoms with van der Waals surface area (Å²) in [7, 11) is 0. The van der Waals surface area contributed by atoms with Crippen molar-refractivity contribution < 1.29 is 4.79 Å². The molecule has 0 atom stereocenters. The summed E-state index contributed by atoms with van der Waals surface area (Å²) in [5.41, 5.74) is 1.89. The first-order valence-electron chi connectivity index (χ1n) is 4.92. The van der Waals surface area contributed by atoms with E-state index in [0.717, 1.165) is 11.3 Å². The van der Waals surface area contributed by atoms with Crippen molar-refractivity contribution in [2.75, 3.05) is 10.6 Å². The summed E-state index contributed by atoms with van der Waals surface area (Å²) in [6.07, 6.45) is 0. The lowest BCUT2D eigenvalue weighted by molar-refractivity contribution is -0.119. The molecule has 1 heterocycles. The van der Waals surface area contributed by atoms with Crippen molar-refractivity contribution in [2.24, 2.45) is 0 Å². The summed E-state index contributed by atoms with van der Waals surface area (Å²) in [6.45, 7) is 3.66. The van der Waals surface area contributed by atoms with E-state index in [1.54, 1.807) is 0 Å². The number of alkyl halides is 1. The van der Waals surface area contributed by atoms with E-state index >= 15 is 0 Å². The predicted octanol–water partition coefficient (Wildman–Crippen LogP) is 3.38. The van der Waals surface area contributed by atoms with Gasteiger partial charge in [-0.25, -0.2) is 0 Å². The molecule has 5 heteroatoms. The molecule has 0 saturated heterocycles. The first-order valence-corrected chi connectivity index (χ1v) is 6.42. The maximum atomic E-state index is 11.8. The minimum Gasteiger partial charge on any atom is -0.370 e. The smallest absolute Gasteiger partial charge is 0.249 e. The third-order valence-electron chi connectivity index (χ3n) is 2.62.